The standard InChI is InChI=1S/C21H32N2O5/c1-4-12(2)21(26)28-18-9-17-13-7-14(11-23(17)20(25)19(18)24)16-8-15(27-3)5-6-22(16)10-13/h4,13-19,24H,5-11H2,1-3H3/b12-4-/t13-,14-,15+,16-,17+,18+,19-/m0/s1. The first kappa shape index (κ1) is 19.9. The molecule has 1 amide bonds. The van der Waals surface area contributed by atoms with Gasteiger partial charge in [0.1, 0.15) is 6.10 Å². The SMILES string of the molecule is C/C=C(/C)C(=O)O[C@@H]1C[C@@H]2[C@H]3C[C@@H](CN2C(=O)[C@H]1O)[C@@H]1C[C@H](OC)CCN1C3. The van der Waals surface area contributed by atoms with Crippen molar-refractivity contribution in [1.82, 2.24) is 9.80 Å². The van der Waals surface area contributed by atoms with Crippen molar-refractivity contribution in [2.45, 2.75) is 69.9 Å². The van der Waals surface area contributed by atoms with Crippen molar-refractivity contribution in [1.29, 1.82) is 0 Å². The van der Waals surface area contributed by atoms with Crippen molar-refractivity contribution in [3.8, 4) is 0 Å². The zero-order valence-corrected chi connectivity index (χ0v) is 17.0. The number of fused-ring (bicyclic) bond motifs is 6. The van der Waals surface area contributed by atoms with Gasteiger partial charge in [0.05, 0.1) is 6.10 Å². The minimum absolute atomic E-state index is 0.0389. The van der Waals surface area contributed by atoms with Gasteiger partial charge in [0.15, 0.2) is 6.10 Å². The molecular formula is C21H32N2O5. The summed E-state index contributed by atoms with van der Waals surface area (Å²) >= 11 is 0. The quantitative estimate of drug-likeness (QED) is 0.569. The van der Waals surface area contributed by atoms with E-state index in [2.05, 4.69) is 4.90 Å². The number of rotatable bonds is 3. The highest BCUT2D eigenvalue weighted by Crippen LogP contribution is 2.43. The molecule has 4 saturated heterocycles. The Morgan fingerprint density at radius 3 is 2.64 bits per heavy atom. The molecule has 0 spiro atoms. The fourth-order valence-electron chi connectivity index (χ4n) is 5.71. The Balaban J connectivity index is 1.50. The van der Waals surface area contributed by atoms with Crippen LogP contribution in [0, 0.1) is 11.8 Å². The van der Waals surface area contributed by atoms with E-state index < -0.39 is 18.2 Å². The van der Waals surface area contributed by atoms with Crippen LogP contribution in [0.4, 0.5) is 0 Å². The summed E-state index contributed by atoms with van der Waals surface area (Å²) in [5, 5.41) is 10.5. The molecule has 2 bridgehead atoms. The number of ether oxygens (including phenoxy) is 2. The summed E-state index contributed by atoms with van der Waals surface area (Å²) in [4.78, 5) is 29.6. The second-order valence-electron chi connectivity index (χ2n) is 8.85. The minimum Gasteiger partial charge on any atom is -0.456 e. The van der Waals surface area contributed by atoms with E-state index in [1.54, 1.807) is 27.0 Å². The van der Waals surface area contributed by atoms with Gasteiger partial charge in [-0.3, -0.25) is 9.69 Å². The lowest BCUT2D eigenvalue weighted by Gasteiger charge is -2.58. The van der Waals surface area contributed by atoms with Crippen molar-refractivity contribution in [3.05, 3.63) is 11.6 Å². The molecule has 0 saturated carbocycles. The van der Waals surface area contributed by atoms with Crippen LogP contribution >= 0.6 is 0 Å². The minimum atomic E-state index is -1.27. The number of hydrogen-bond donors (Lipinski definition) is 1. The van der Waals surface area contributed by atoms with Gasteiger partial charge in [-0.15, -0.1) is 0 Å². The summed E-state index contributed by atoms with van der Waals surface area (Å²) in [5.74, 6) is 0.0595. The number of esters is 1. The number of hydrogen-bond acceptors (Lipinski definition) is 6. The molecule has 0 aliphatic carbocycles. The molecule has 4 rings (SSSR count). The number of nitrogens with zero attached hydrogens (tertiary/aromatic N) is 2. The Morgan fingerprint density at radius 2 is 1.93 bits per heavy atom. The van der Waals surface area contributed by atoms with Crippen LogP contribution in [0.15, 0.2) is 11.6 Å². The van der Waals surface area contributed by atoms with E-state index >= 15 is 0 Å². The smallest absolute Gasteiger partial charge is 0.333 e. The molecule has 0 radical (unpaired) electrons. The molecule has 28 heavy (non-hydrogen) atoms. The first-order valence-electron chi connectivity index (χ1n) is 10.5. The maximum atomic E-state index is 12.9. The average molecular weight is 392 g/mol. The van der Waals surface area contributed by atoms with Gasteiger partial charge in [0.2, 0.25) is 0 Å². The Bertz CT molecular complexity index is 665. The van der Waals surface area contributed by atoms with E-state index in [0.717, 1.165) is 32.4 Å². The third kappa shape index (κ3) is 3.37. The van der Waals surface area contributed by atoms with E-state index in [1.807, 2.05) is 4.90 Å². The molecular weight excluding hydrogens is 360 g/mol. The van der Waals surface area contributed by atoms with Crippen molar-refractivity contribution >= 4 is 11.9 Å². The van der Waals surface area contributed by atoms with Crippen LogP contribution in [0.5, 0.6) is 0 Å². The van der Waals surface area contributed by atoms with E-state index in [-0.39, 0.29) is 11.9 Å². The molecule has 0 aromatic heterocycles. The van der Waals surface area contributed by atoms with Crippen molar-refractivity contribution < 1.29 is 24.2 Å². The van der Waals surface area contributed by atoms with Crippen LogP contribution in [0.1, 0.15) is 39.5 Å². The van der Waals surface area contributed by atoms with Crippen LogP contribution in [0.3, 0.4) is 0 Å². The number of carbonyl (C=O) groups is 2. The molecule has 156 valence electrons. The average Bonchev–Trinajstić information content (AvgIpc) is 2.71. The topological polar surface area (TPSA) is 79.3 Å². The zero-order valence-electron chi connectivity index (χ0n) is 17.0. The van der Waals surface area contributed by atoms with Gasteiger partial charge in [0, 0.05) is 50.8 Å². The molecule has 0 unspecified atom stereocenters. The van der Waals surface area contributed by atoms with Crippen molar-refractivity contribution in [2.24, 2.45) is 11.8 Å². The van der Waals surface area contributed by atoms with Crippen LogP contribution in [0.2, 0.25) is 0 Å². The molecule has 4 aliphatic rings. The van der Waals surface area contributed by atoms with Crippen LogP contribution in [0.25, 0.3) is 0 Å². The molecule has 4 heterocycles. The maximum absolute atomic E-state index is 12.9. The lowest BCUT2D eigenvalue weighted by Crippen LogP contribution is -2.69. The number of aliphatic hydroxyl groups excluding tert-OH is 1. The Morgan fingerprint density at radius 1 is 1.18 bits per heavy atom. The van der Waals surface area contributed by atoms with E-state index in [4.69, 9.17) is 9.47 Å². The van der Waals surface area contributed by atoms with Gasteiger partial charge < -0.3 is 19.5 Å². The number of aliphatic hydroxyl groups is 1. The van der Waals surface area contributed by atoms with E-state index in [9.17, 15) is 14.7 Å². The molecule has 1 N–H and O–H groups in total. The molecule has 7 heteroatoms. The van der Waals surface area contributed by atoms with Gasteiger partial charge >= 0.3 is 5.97 Å². The monoisotopic (exact) mass is 392 g/mol. The molecule has 4 fully saturated rings. The predicted octanol–water partition coefficient (Wildman–Crippen LogP) is 0.955. The van der Waals surface area contributed by atoms with Crippen molar-refractivity contribution in [2.75, 3.05) is 26.7 Å². The Hall–Kier alpha value is -1.44. The van der Waals surface area contributed by atoms with E-state index in [0.29, 0.717) is 42.5 Å². The van der Waals surface area contributed by atoms with Gasteiger partial charge in [0.25, 0.3) is 5.91 Å². The number of piperidine rings is 4. The van der Waals surface area contributed by atoms with Crippen LogP contribution in [-0.2, 0) is 19.1 Å². The molecule has 7 nitrogen and oxygen atoms in total. The van der Waals surface area contributed by atoms with E-state index in [1.165, 1.54) is 0 Å². The first-order chi connectivity index (χ1) is 13.4. The molecule has 7 atom stereocenters. The highest BCUT2D eigenvalue weighted by molar-refractivity contribution is 5.89. The fraction of sp³-hybridized carbons (Fsp3) is 0.810. The van der Waals surface area contributed by atoms with Crippen LogP contribution < -0.4 is 0 Å². The number of carbonyl (C=O) groups excluding carboxylic acids is 2. The van der Waals surface area contributed by atoms with Gasteiger partial charge in [-0.1, -0.05) is 6.08 Å². The molecule has 4 aliphatic heterocycles. The largest absolute Gasteiger partial charge is 0.456 e. The highest BCUT2D eigenvalue weighted by Gasteiger charge is 2.53. The summed E-state index contributed by atoms with van der Waals surface area (Å²) in [6.07, 6.45) is 3.65. The second-order valence-corrected chi connectivity index (χ2v) is 8.85. The third-order valence-corrected chi connectivity index (χ3v) is 7.41. The van der Waals surface area contributed by atoms with Crippen molar-refractivity contribution in [3.63, 3.8) is 0 Å². The predicted molar refractivity (Wildman–Crippen MR) is 102 cm³/mol. The zero-order chi connectivity index (χ0) is 20.0. The number of methoxy groups -OCH3 is 1. The lowest BCUT2D eigenvalue weighted by molar-refractivity contribution is -0.182. The number of amides is 1. The summed E-state index contributed by atoms with van der Waals surface area (Å²) in [7, 11) is 1.78. The summed E-state index contributed by atoms with van der Waals surface area (Å²) in [6, 6.07) is 0.491. The normalized spacial score (nSPS) is 41.3. The van der Waals surface area contributed by atoms with Crippen LogP contribution in [-0.4, -0.2) is 83.9 Å². The van der Waals surface area contributed by atoms with Gasteiger partial charge in [-0.05, 0) is 44.9 Å². The third-order valence-electron chi connectivity index (χ3n) is 7.41. The highest BCUT2D eigenvalue weighted by atomic mass is 16.6. The second kappa shape index (κ2) is 7.76. The summed E-state index contributed by atoms with van der Waals surface area (Å²) in [6.45, 7) is 6.15. The summed E-state index contributed by atoms with van der Waals surface area (Å²) < 4.78 is 11.1. The maximum Gasteiger partial charge on any atom is 0.333 e. The number of allylic oxidation sites excluding steroid dienone is 1. The lowest BCUT2D eigenvalue weighted by atomic mass is 9.70. The molecule has 0 aromatic carbocycles. The Kier molecular flexibility index (Phi) is 5.51. The fourth-order valence-corrected chi connectivity index (χ4v) is 5.71. The van der Waals surface area contributed by atoms with Gasteiger partial charge in [-0.25, -0.2) is 4.79 Å². The first-order valence-corrected chi connectivity index (χ1v) is 10.5. The summed E-state index contributed by atoms with van der Waals surface area (Å²) in [5.41, 5.74) is 0.493. The Labute approximate surface area is 166 Å². The van der Waals surface area contributed by atoms with Gasteiger partial charge in [-0.2, -0.15) is 0 Å². The molecule has 0 aromatic rings.